The number of carbonyl (C=O) groups excluding carboxylic acids is 6. The molecule has 2 atom stereocenters. The highest BCUT2D eigenvalue weighted by molar-refractivity contribution is 7.08. The van der Waals surface area contributed by atoms with Gasteiger partial charge in [-0.1, -0.05) is 12.1 Å². The maximum absolute atomic E-state index is 13.5. The van der Waals surface area contributed by atoms with Crippen LogP contribution in [-0.2, 0) is 24.0 Å². The number of anilines is 2. The molecule has 2 heterocycles. The Balaban J connectivity index is 1.93. The lowest BCUT2D eigenvalue weighted by atomic mass is 10.1. The molecule has 0 unspecified atom stereocenters. The topological polar surface area (TPSA) is 133 Å². The first-order chi connectivity index (χ1) is 16.2. The van der Waals surface area contributed by atoms with Crippen LogP contribution in [0.2, 0.25) is 0 Å². The lowest BCUT2D eigenvalue weighted by Gasteiger charge is -2.25. The summed E-state index contributed by atoms with van der Waals surface area (Å²) in [6.45, 7) is 2.04. The molecule has 0 spiro atoms. The van der Waals surface area contributed by atoms with Crippen LogP contribution in [-0.4, -0.2) is 60.9 Å². The summed E-state index contributed by atoms with van der Waals surface area (Å²) < 4.78 is 0. The first-order valence-corrected chi connectivity index (χ1v) is 11.4. The number of fused-ring (bicyclic) bond motifs is 1. The van der Waals surface area contributed by atoms with Gasteiger partial charge >= 0.3 is 0 Å². The number of benzene rings is 1. The summed E-state index contributed by atoms with van der Waals surface area (Å²) in [6, 6.07) is 6.04. The fraction of sp³-hybridized carbons (Fsp3) is 0.304. The van der Waals surface area contributed by atoms with Crippen LogP contribution in [0.3, 0.4) is 0 Å². The van der Waals surface area contributed by atoms with Gasteiger partial charge in [0.25, 0.3) is 11.8 Å². The number of hydrogen-bond acceptors (Lipinski definition) is 7. The van der Waals surface area contributed by atoms with Gasteiger partial charge in [0, 0.05) is 18.7 Å². The number of para-hydroxylation sites is 2. The van der Waals surface area contributed by atoms with Crippen molar-refractivity contribution in [2.75, 3.05) is 22.9 Å². The van der Waals surface area contributed by atoms with Crippen molar-refractivity contribution in [2.24, 2.45) is 0 Å². The Kier molecular flexibility index (Phi) is 7.90. The Morgan fingerprint density at radius 3 is 2.44 bits per heavy atom. The van der Waals surface area contributed by atoms with Crippen LogP contribution in [0.5, 0.6) is 0 Å². The van der Waals surface area contributed by atoms with Crippen LogP contribution in [0, 0.1) is 0 Å². The number of rotatable bonds is 8. The van der Waals surface area contributed by atoms with Gasteiger partial charge in [-0.15, -0.1) is 0 Å². The lowest BCUT2D eigenvalue weighted by Crippen LogP contribution is -2.54. The number of hydrogen-bond donors (Lipinski definition) is 2. The molecule has 2 N–H and O–H groups in total. The van der Waals surface area contributed by atoms with E-state index in [1.54, 1.807) is 41.1 Å². The second kappa shape index (κ2) is 10.8. The maximum Gasteiger partial charge on any atom is 0.252 e. The molecule has 0 radical (unpaired) electrons. The molecular weight excluding hydrogens is 460 g/mol. The fourth-order valence-electron chi connectivity index (χ4n) is 3.63. The number of nitrogens with one attached hydrogen (secondary N) is 2. The number of carbonyl (C=O) groups is 6. The predicted molar refractivity (Wildman–Crippen MR) is 126 cm³/mol. The molecule has 3 rings (SSSR count). The van der Waals surface area contributed by atoms with Crippen molar-refractivity contribution in [1.82, 2.24) is 10.6 Å². The molecule has 34 heavy (non-hydrogen) atoms. The quantitative estimate of drug-likeness (QED) is 0.535. The van der Waals surface area contributed by atoms with Crippen LogP contribution >= 0.6 is 11.3 Å². The Labute approximate surface area is 199 Å². The number of thiophene rings is 1. The Hall–Kier alpha value is -3.86. The van der Waals surface area contributed by atoms with Gasteiger partial charge in [0.2, 0.25) is 11.8 Å². The van der Waals surface area contributed by atoms with Crippen molar-refractivity contribution in [3.63, 3.8) is 0 Å². The van der Waals surface area contributed by atoms with E-state index in [1.165, 1.54) is 35.0 Å². The van der Waals surface area contributed by atoms with E-state index >= 15 is 0 Å². The number of aldehydes is 1. The molecule has 0 fully saturated rings. The molecule has 4 amide bonds. The summed E-state index contributed by atoms with van der Waals surface area (Å²) in [5.41, 5.74) is 1.08. The second-order valence-corrected chi connectivity index (χ2v) is 8.58. The summed E-state index contributed by atoms with van der Waals surface area (Å²) in [5.74, 6) is -2.36. The minimum absolute atomic E-state index is 0.125. The van der Waals surface area contributed by atoms with Crippen molar-refractivity contribution < 1.29 is 28.8 Å². The van der Waals surface area contributed by atoms with Gasteiger partial charge in [0.05, 0.1) is 29.5 Å². The van der Waals surface area contributed by atoms with Crippen molar-refractivity contribution in [2.45, 2.75) is 32.4 Å². The van der Waals surface area contributed by atoms with Gasteiger partial charge in [0.1, 0.15) is 24.7 Å². The average molecular weight is 485 g/mol. The van der Waals surface area contributed by atoms with Crippen LogP contribution in [0.4, 0.5) is 11.4 Å². The Morgan fingerprint density at radius 1 is 1.15 bits per heavy atom. The van der Waals surface area contributed by atoms with Crippen molar-refractivity contribution in [1.29, 1.82) is 0 Å². The fourth-order valence-corrected chi connectivity index (χ4v) is 4.27. The summed E-state index contributed by atoms with van der Waals surface area (Å²) in [5, 5.41) is 8.46. The summed E-state index contributed by atoms with van der Waals surface area (Å²) in [6.07, 6.45) is 0.288. The number of Topliss-reactive ketones (excluding diaryl/α,β-unsaturated/α-hetero) is 1. The smallest absolute Gasteiger partial charge is 0.252 e. The molecule has 0 saturated heterocycles. The molecule has 1 aromatic carbocycles. The van der Waals surface area contributed by atoms with E-state index in [2.05, 4.69) is 10.6 Å². The van der Waals surface area contributed by atoms with Crippen LogP contribution < -0.4 is 20.4 Å². The van der Waals surface area contributed by atoms with Gasteiger partial charge in [-0.05, 0) is 30.5 Å². The van der Waals surface area contributed by atoms with E-state index in [1.807, 2.05) is 0 Å². The molecule has 1 aliphatic heterocycles. The largest absolute Gasteiger partial charge is 0.345 e. The van der Waals surface area contributed by atoms with Gasteiger partial charge in [-0.3, -0.25) is 28.9 Å². The van der Waals surface area contributed by atoms with Crippen molar-refractivity contribution in [3.05, 3.63) is 46.7 Å². The summed E-state index contributed by atoms with van der Waals surface area (Å²) >= 11 is 1.32. The summed E-state index contributed by atoms with van der Waals surface area (Å²) in [7, 11) is 0. The zero-order valence-electron chi connectivity index (χ0n) is 18.6. The second-order valence-electron chi connectivity index (χ2n) is 7.80. The Bertz CT molecular complexity index is 1120. The highest BCUT2D eigenvalue weighted by atomic mass is 32.1. The van der Waals surface area contributed by atoms with E-state index in [0.29, 0.717) is 23.2 Å². The number of nitrogens with zero attached hydrogens (tertiary/aromatic N) is 2. The van der Waals surface area contributed by atoms with Crippen LogP contribution in [0.1, 0.15) is 30.6 Å². The van der Waals surface area contributed by atoms with Crippen molar-refractivity contribution in [3.8, 4) is 0 Å². The lowest BCUT2D eigenvalue weighted by molar-refractivity contribution is -0.127. The van der Waals surface area contributed by atoms with Gasteiger partial charge in [0.15, 0.2) is 0 Å². The van der Waals surface area contributed by atoms with E-state index in [9.17, 15) is 28.8 Å². The third-order valence-corrected chi connectivity index (χ3v) is 5.86. The van der Waals surface area contributed by atoms with E-state index in [0.717, 1.165) is 0 Å². The first kappa shape index (κ1) is 24.8. The third kappa shape index (κ3) is 5.73. The monoisotopic (exact) mass is 484 g/mol. The van der Waals surface area contributed by atoms with E-state index in [-0.39, 0.29) is 24.7 Å². The van der Waals surface area contributed by atoms with Gasteiger partial charge < -0.3 is 20.3 Å². The molecule has 0 bridgehead atoms. The normalized spacial score (nSPS) is 16.2. The van der Waals surface area contributed by atoms with Crippen LogP contribution in [0.15, 0.2) is 41.1 Å². The molecule has 11 heteroatoms. The highest BCUT2D eigenvalue weighted by Gasteiger charge is 2.37. The minimum atomic E-state index is -1.13. The molecule has 178 valence electrons. The molecule has 10 nitrogen and oxygen atoms in total. The molecular formula is C23H24N4O6S. The zero-order chi connectivity index (χ0) is 24.8. The average Bonchev–Trinajstić information content (AvgIpc) is 3.30. The minimum Gasteiger partial charge on any atom is -0.345 e. The molecule has 0 saturated carbocycles. The predicted octanol–water partition coefficient (Wildman–Crippen LogP) is 0.909. The maximum atomic E-state index is 13.5. The number of amides is 4. The van der Waals surface area contributed by atoms with Gasteiger partial charge in [-0.25, -0.2) is 0 Å². The number of ketones is 1. The zero-order valence-corrected chi connectivity index (χ0v) is 19.5. The standard InChI is InChI=1S/C23H24N4O6S/c1-14(29)9-17(12-28)24-21(31)11-27-20-6-4-3-5-19(20)26(15(2)30)10-18(23(27)33)25-22(32)16-7-8-34-13-16/h3-8,12-13,17-18H,9-11H2,1-2H3,(H,24,31)(H,25,32)/t17-,18-/m0/s1. The van der Waals surface area contributed by atoms with E-state index in [4.69, 9.17) is 0 Å². The van der Waals surface area contributed by atoms with E-state index < -0.39 is 36.3 Å². The van der Waals surface area contributed by atoms with Crippen LogP contribution in [0.25, 0.3) is 0 Å². The molecule has 0 aliphatic carbocycles. The van der Waals surface area contributed by atoms with Crippen molar-refractivity contribution >= 4 is 58.4 Å². The highest BCUT2D eigenvalue weighted by Crippen LogP contribution is 2.32. The molecule has 2 aromatic rings. The third-order valence-electron chi connectivity index (χ3n) is 5.18. The first-order valence-electron chi connectivity index (χ1n) is 10.5. The SMILES string of the molecule is CC(=O)C[C@@H](C=O)NC(=O)CN1C(=O)[C@@H](NC(=O)c2ccsc2)CN(C(C)=O)c2ccccc21. The summed E-state index contributed by atoms with van der Waals surface area (Å²) in [4.78, 5) is 76.5. The molecule has 1 aromatic heterocycles. The molecule has 1 aliphatic rings. The van der Waals surface area contributed by atoms with Gasteiger partial charge in [-0.2, -0.15) is 11.3 Å². The Morgan fingerprint density at radius 2 is 1.85 bits per heavy atom.